The number of aromatic amines is 1. The van der Waals surface area contributed by atoms with E-state index in [9.17, 15) is 23.3 Å². The Bertz CT molecular complexity index is 999. The Morgan fingerprint density at radius 3 is 2.76 bits per heavy atom. The number of benzene rings is 1. The van der Waals surface area contributed by atoms with Crippen molar-refractivity contribution < 1.29 is 13.3 Å². The van der Waals surface area contributed by atoms with Crippen LogP contribution in [0, 0.1) is 10.1 Å². The Labute approximate surface area is 143 Å². The summed E-state index contributed by atoms with van der Waals surface area (Å²) in [6.45, 7) is 1.11. The lowest BCUT2D eigenvalue weighted by atomic mass is 10.1. The summed E-state index contributed by atoms with van der Waals surface area (Å²) in [6, 6.07) is 6.46. The molecule has 132 valence electrons. The standard InChI is InChI=1S/C15H16N4O5S/c1-25(23,24)15-16-12-6-7-18(9-11(12)14(20)17-15)8-10-4-2-3-5-13(10)19(21)22/h2-5H,6-9H2,1H3,(H,16,17,20). The molecule has 25 heavy (non-hydrogen) atoms. The highest BCUT2D eigenvalue weighted by Gasteiger charge is 2.25. The second-order valence-corrected chi connectivity index (χ2v) is 7.85. The first-order valence-electron chi connectivity index (χ1n) is 7.52. The van der Waals surface area contributed by atoms with Gasteiger partial charge >= 0.3 is 0 Å². The Morgan fingerprint density at radius 1 is 1.36 bits per heavy atom. The fourth-order valence-corrected chi connectivity index (χ4v) is 3.39. The highest BCUT2D eigenvalue weighted by molar-refractivity contribution is 7.90. The third-order valence-electron chi connectivity index (χ3n) is 4.06. The minimum absolute atomic E-state index is 0.0350. The van der Waals surface area contributed by atoms with Crippen molar-refractivity contribution in [3.8, 4) is 0 Å². The van der Waals surface area contributed by atoms with Crippen molar-refractivity contribution >= 4 is 15.5 Å². The van der Waals surface area contributed by atoms with Crippen molar-refractivity contribution in [2.45, 2.75) is 24.7 Å². The molecule has 0 unspecified atom stereocenters. The van der Waals surface area contributed by atoms with E-state index in [0.29, 0.717) is 36.3 Å². The number of nitrogens with one attached hydrogen (secondary N) is 1. The van der Waals surface area contributed by atoms with Crippen LogP contribution in [-0.2, 0) is 29.3 Å². The van der Waals surface area contributed by atoms with Crippen LogP contribution in [0.25, 0.3) is 0 Å². The number of fused-ring (bicyclic) bond motifs is 1. The van der Waals surface area contributed by atoms with Crippen molar-refractivity contribution in [2.24, 2.45) is 0 Å². The number of aromatic nitrogens is 2. The lowest BCUT2D eigenvalue weighted by Gasteiger charge is -2.27. The third kappa shape index (κ3) is 3.59. The zero-order valence-electron chi connectivity index (χ0n) is 13.4. The van der Waals surface area contributed by atoms with Gasteiger partial charge in [0.25, 0.3) is 11.2 Å². The first-order chi connectivity index (χ1) is 11.8. The molecular formula is C15H16N4O5S. The molecule has 0 radical (unpaired) electrons. The zero-order chi connectivity index (χ0) is 18.2. The first kappa shape index (κ1) is 17.2. The quantitative estimate of drug-likeness (QED) is 0.479. The van der Waals surface area contributed by atoms with Gasteiger partial charge in [0.15, 0.2) is 0 Å². The Kier molecular flexibility index (Phi) is 4.39. The Hall–Kier alpha value is -2.59. The highest BCUT2D eigenvalue weighted by Crippen LogP contribution is 2.22. The monoisotopic (exact) mass is 364 g/mol. The molecule has 1 N–H and O–H groups in total. The van der Waals surface area contributed by atoms with Crippen LogP contribution in [0.1, 0.15) is 16.8 Å². The van der Waals surface area contributed by atoms with Crippen molar-refractivity contribution in [1.82, 2.24) is 14.9 Å². The molecule has 0 atom stereocenters. The fraction of sp³-hybridized carbons (Fsp3) is 0.333. The summed E-state index contributed by atoms with van der Waals surface area (Å²) in [5.74, 6) is 0. The first-order valence-corrected chi connectivity index (χ1v) is 9.41. The maximum Gasteiger partial charge on any atom is 0.273 e. The van der Waals surface area contributed by atoms with Crippen LogP contribution in [0.5, 0.6) is 0 Å². The van der Waals surface area contributed by atoms with E-state index >= 15 is 0 Å². The van der Waals surface area contributed by atoms with Gasteiger partial charge in [0.1, 0.15) is 0 Å². The topological polar surface area (TPSA) is 126 Å². The lowest BCUT2D eigenvalue weighted by molar-refractivity contribution is -0.385. The minimum atomic E-state index is -3.59. The van der Waals surface area contributed by atoms with Crippen LogP contribution < -0.4 is 5.56 Å². The molecule has 0 bridgehead atoms. The largest absolute Gasteiger partial charge is 0.297 e. The van der Waals surface area contributed by atoms with E-state index in [4.69, 9.17) is 0 Å². The van der Waals surface area contributed by atoms with Gasteiger partial charge in [0.05, 0.1) is 16.2 Å². The number of H-pyrrole nitrogens is 1. The van der Waals surface area contributed by atoms with Crippen LogP contribution in [0.2, 0.25) is 0 Å². The molecule has 1 aromatic heterocycles. The van der Waals surface area contributed by atoms with Crippen LogP contribution in [0.15, 0.2) is 34.2 Å². The van der Waals surface area contributed by atoms with Crippen molar-refractivity contribution in [3.05, 3.63) is 61.6 Å². The average molecular weight is 364 g/mol. The SMILES string of the molecule is CS(=O)(=O)c1nc2c(c(=O)[nH]1)CN(Cc1ccccc1[N+](=O)[O-])CC2. The van der Waals surface area contributed by atoms with Crippen LogP contribution >= 0.6 is 0 Å². The van der Waals surface area contributed by atoms with Crippen molar-refractivity contribution in [1.29, 1.82) is 0 Å². The summed E-state index contributed by atoms with van der Waals surface area (Å²) in [5, 5.41) is 10.8. The van der Waals surface area contributed by atoms with Gasteiger partial charge in [-0.2, -0.15) is 0 Å². The number of nitro groups is 1. The maximum atomic E-state index is 12.2. The summed E-state index contributed by atoms with van der Waals surface area (Å²) in [6.07, 6.45) is 1.39. The van der Waals surface area contributed by atoms with Gasteiger partial charge < -0.3 is 0 Å². The summed E-state index contributed by atoms with van der Waals surface area (Å²) < 4.78 is 23.1. The molecule has 10 heteroatoms. The number of para-hydroxylation sites is 1. The van der Waals surface area contributed by atoms with Crippen molar-refractivity contribution in [2.75, 3.05) is 12.8 Å². The molecule has 2 heterocycles. The Balaban J connectivity index is 1.88. The number of rotatable bonds is 4. The number of hydrogen-bond donors (Lipinski definition) is 1. The summed E-state index contributed by atoms with van der Waals surface area (Å²) in [5.41, 5.74) is 0.971. The normalized spacial score (nSPS) is 14.9. The maximum absolute atomic E-state index is 12.2. The van der Waals surface area contributed by atoms with Gasteiger partial charge in [-0.05, 0) is 0 Å². The van der Waals surface area contributed by atoms with E-state index in [1.54, 1.807) is 18.2 Å². The molecular weight excluding hydrogens is 348 g/mol. The van der Waals surface area contributed by atoms with Gasteiger partial charge in [0.2, 0.25) is 15.0 Å². The number of hydrogen-bond acceptors (Lipinski definition) is 7. The lowest BCUT2D eigenvalue weighted by Crippen LogP contribution is -2.36. The molecule has 1 aliphatic heterocycles. The fourth-order valence-electron chi connectivity index (χ4n) is 2.83. The van der Waals surface area contributed by atoms with Crippen LogP contribution in [-0.4, -0.2) is 41.0 Å². The van der Waals surface area contributed by atoms with Gasteiger partial charge in [-0.3, -0.25) is 24.8 Å². The second kappa shape index (κ2) is 6.37. The molecule has 0 spiro atoms. The molecule has 0 saturated heterocycles. The van der Waals surface area contributed by atoms with Gasteiger partial charge in [-0.25, -0.2) is 13.4 Å². The molecule has 1 aromatic carbocycles. The third-order valence-corrected chi connectivity index (χ3v) is 4.96. The summed E-state index contributed by atoms with van der Waals surface area (Å²) in [4.78, 5) is 31.2. The van der Waals surface area contributed by atoms with Crippen molar-refractivity contribution in [3.63, 3.8) is 0 Å². The van der Waals surface area contributed by atoms with E-state index in [0.717, 1.165) is 6.26 Å². The molecule has 1 aliphatic rings. The van der Waals surface area contributed by atoms with E-state index < -0.39 is 20.3 Å². The number of sulfone groups is 1. The predicted octanol–water partition coefficient (Wildman–Crippen LogP) is 0.640. The molecule has 0 amide bonds. The van der Waals surface area contributed by atoms with Gasteiger partial charge in [-0.1, -0.05) is 18.2 Å². The molecule has 0 aliphatic carbocycles. The highest BCUT2D eigenvalue weighted by atomic mass is 32.2. The van der Waals surface area contributed by atoms with Crippen LogP contribution in [0.4, 0.5) is 5.69 Å². The average Bonchev–Trinajstić information content (AvgIpc) is 2.54. The van der Waals surface area contributed by atoms with E-state index in [-0.39, 0.29) is 17.4 Å². The van der Waals surface area contributed by atoms with E-state index in [1.807, 2.05) is 4.90 Å². The van der Waals surface area contributed by atoms with Gasteiger partial charge in [0, 0.05) is 43.9 Å². The second-order valence-electron chi connectivity index (χ2n) is 5.91. The van der Waals surface area contributed by atoms with E-state index in [1.165, 1.54) is 6.07 Å². The Morgan fingerprint density at radius 2 is 2.08 bits per heavy atom. The predicted molar refractivity (Wildman–Crippen MR) is 88.9 cm³/mol. The smallest absolute Gasteiger partial charge is 0.273 e. The molecule has 9 nitrogen and oxygen atoms in total. The van der Waals surface area contributed by atoms with E-state index in [2.05, 4.69) is 9.97 Å². The molecule has 2 aromatic rings. The number of nitro benzene ring substituents is 1. The number of nitrogens with zero attached hydrogens (tertiary/aromatic N) is 3. The summed E-state index contributed by atoms with van der Waals surface area (Å²) >= 11 is 0. The minimum Gasteiger partial charge on any atom is -0.297 e. The molecule has 0 fully saturated rings. The molecule has 0 saturated carbocycles. The zero-order valence-corrected chi connectivity index (χ0v) is 14.2. The summed E-state index contributed by atoms with van der Waals surface area (Å²) in [7, 11) is -3.59. The van der Waals surface area contributed by atoms with Gasteiger partial charge in [-0.15, -0.1) is 0 Å². The van der Waals surface area contributed by atoms with Crippen LogP contribution in [0.3, 0.4) is 0 Å². The molecule has 3 rings (SSSR count).